The maximum absolute atomic E-state index is 13.3. The molecule has 8 heteroatoms. The molecule has 8 nitrogen and oxygen atoms in total. The van der Waals surface area contributed by atoms with E-state index >= 15 is 0 Å². The van der Waals surface area contributed by atoms with Crippen LogP contribution in [0.15, 0.2) is 18.2 Å². The van der Waals surface area contributed by atoms with E-state index in [9.17, 15) is 19.5 Å². The first-order valence-electron chi connectivity index (χ1n) is 10.9. The van der Waals surface area contributed by atoms with Crippen LogP contribution in [0.2, 0.25) is 0 Å². The minimum atomic E-state index is -1.74. The van der Waals surface area contributed by atoms with Crippen molar-refractivity contribution in [1.29, 1.82) is 0 Å². The molecule has 33 heavy (non-hydrogen) atoms. The first kappa shape index (κ1) is 26.6. The van der Waals surface area contributed by atoms with Crippen LogP contribution in [0.25, 0.3) is 0 Å². The Bertz CT molecular complexity index is 904. The number of esters is 2. The third-order valence-electron chi connectivity index (χ3n) is 5.38. The van der Waals surface area contributed by atoms with Crippen LogP contribution in [0.4, 0.5) is 0 Å². The summed E-state index contributed by atoms with van der Waals surface area (Å²) >= 11 is 0. The molecule has 0 saturated heterocycles. The van der Waals surface area contributed by atoms with Gasteiger partial charge >= 0.3 is 11.9 Å². The highest BCUT2D eigenvalue weighted by molar-refractivity contribution is 6.03. The number of benzene rings is 1. The molecule has 2 rings (SSSR count). The maximum Gasteiger partial charge on any atom is 0.317 e. The van der Waals surface area contributed by atoms with Crippen molar-refractivity contribution in [1.82, 2.24) is 0 Å². The number of carbonyl (C=O) groups is 3. The summed E-state index contributed by atoms with van der Waals surface area (Å²) in [6.45, 7) is 11.7. The molecule has 1 aliphatic carbocycles. The van der Waals surface area contributed by atoms with Crippen LogP contribution in [0.3, 0.4) is 0 Å². The minimum Gasteiger partial charge on any atom is -0.493 e. The van der Waals surface area contributed by atoms with Gasteiger partial charge < -0.3 is 24.1 Å². The van der Waals surface area contributed by atoms with Crippen LogP contribution in [-0.4, -0.2) is 53.9 Å². The molecular weight excluding hydrogens is 428 g/mol. The molecule has 0 unspecified atom stereocenters. The topological polar surface area (TPSA) is 108 Å². The average Bonchev–Trinajstić information content (AvgIpc) is 2.62. The Labute approximate surface area is 195 Å². The maximum atomic E-state index is 13.3. The Morgan fingerprint density at radius 2 is 1.45 bits per heavy atom. The summed E-state index contributed by atoms with van der Waals surface area (Å²) in [4.78, 5) is 39.7. The summed E-state index contributed by atoms with van der Waals surface area (Å²) < 4.78 is 21.9. The number of hydrogen-bond acceptors (Lipinski definition) is 8. The summed E-state index contributed by atoms with van der Waals surface area (Å²) in [6, 6.07) is 4.88. The molecule has 184 valence electrons. The molecule has 1 aromatic carbocycles. The SMILES string of the molecule is COc1ccc([C@@H]2[C@H](C(=O)OC(C)(C)C)C(=O)C[C@](C)(O)[C@H]2C(=O)OC(C)(C)C)cc1OC. The molecular formula is C25H36O8. The van der Waals surface area contributed by atoms with Crippen molar-refractivity contribution in [2.75, 3.05) is 14.2 Å². The fourth-order valence-electron chi connectivity index (χ4n) is 4.21. The van der Waals surface area contributed by atoms with Gasteiger partial charge in [0.05, 0.1) is 25.7 Å². The normalized spacial score (nSPS) is 25.9. The van der Waals surface area contributed by atoms with E-state index in [1.807, 2.05) is 0 Å². The predicted octanol–water partition coefficient (Wildman–Crippen LogP) is 3.43. The van der Waals surface area contributed by atoms with E-state index in [-0.39, 0.29) is 6.42 Å². The highest BCUT2D eigenvalue weighted by Gasteiger charge is 2.58. The fraction of sp³-hybridized carbons (Fsp3) is 0.640. The van der Waals surface area contributed by atoms with E-state index in [1.165, 1.54) is 21.1 Å². The van der Waals surface area contributed by atoms with Gasteiger partial charge in [-0.1, -0.05) is 6.07 Å². The van der Waals surface area contributed by atoms with Crippen LogP contribution in [0.5, 0.6) is 11.5 Å². The number of Topliss-reactive ketones (excluding diaryl/α,β-unsaturated/α-hetero) is 1. The van der Waals surface area contributed by atoms with Gasteiger partial charge in [-0.25, -0.2) is 0 Å². The molecule has 0 spiro atoms. The largest absolute Gasteiger partial charge is 0.493 e. The van der Waals surface area contributed by atoms with Crippen molar-refractivity contribution in [3.8, 4) is 11.5 Å². The summed E-state index contributed by atoms with van der Waals surface area (Å²) in [6.07, 6.45) is -0.384. The lowest BCUT2D eigenvalue weighted by molar-refractivity contribution is -0.182. The van der Waals surface area contributed by atoms with Crippen LogP contribution < -0.4 is 9.47 Å². The smallest absolute Gasteiger partial charge is 0.317 e. The molecule has 0 radical (unpaired) electrons. The molecule has 1 fully saturated rings. The summed E-state index contributed by atoms with van der Waals surface area (Å²) in [5, 5.41) is 11.2. The molecule has 0 bridgehead atoms. The zero-order valence-corrected chi connectivity index (χ0v) is 21.0. The van der Waals surface area contributed by atoms with Gasteiger partial charge in [-0.15, -0.1) is 0 Å². The van der Waals surface area contributed by atoms with Crippen molar-refractivity contribution in [2.24, 2.45) is 11.8 Å². The zero-order chi connectivity index (χ0) is 25.4. The number of ether oxygens (including phenoxy) is 4. The van der Waals surface area contributed by atoms with Crippen LogP contribution >= 0.6 is 0 Å². The zero-order valence-electron chi connectivity index (χ0n) is 21.0. The van der Waals surface area contributed by atoms with Crippen molar-refractivity contribution in [2.45, 2.75) is 77.6 Å². The quantitative estimate of drug-likeness (QED) is 0.522. The van der Waals surface area contributed by atoms with Gasteiger partial charge in [0.1, 0.15) is 17.1 Å². The molecule has 0 heterocycles. The summed E-state index contributed by atoms with van der Waals surface area (Å²) in [5.41, 5.74) is -2.97. The van der Waals surface area contributed by atoms with Crippen molar-refractivity contribution in [3.05, 3.63) is 23.8 Å². The second kappa shape index (κ2) is 9.33. The molecule has 0 amide bonds. The second-order valence-corrected chi connectivity index (χ2v) is 10.7. The van der Waals surface area contributed by atoms with Gasteiger partial charge in [-0.2, -0.15) is 0 Å². The van der Waals surface area contributed by atoms with Gasteiger partial charge in [-0.3, -0.25) is 14.4 Å². The lowest BCUT2D eigenvalue weighted by Crippen LogP contribution is -2.56. The van der Waals surface area contributed by atoms with E-state index < -0.39 is 52.3 Å². The number of carbonyl (C=O) groups excluding carboxylic acids is 3. The van der Waals surface area contributed by atoms with Crippen LogP contribution in [0.1, 0.15) is 66.4 Å². The number of methoxy groups -OCH3 is 2. The average molecular weight is 465 g/mol. The Morgan fingerprint density at radius 1 is 0.939 bits per heavy atom. The Balaban J connectivity index is 2.72. The first-order valence-corrected chi connectivity index (χ1v) is 10.9. The Hall–Kier alpha value is -2.61. The predicted molar refractivity (Wildman–Crippen MR) is 121 cm³/mol. The highest BCUT2D eigenvalue weighted by Crippen LogP contribution is 2.48. The van der Waals surface area contributed by atoms with E-state index in [0.717, 1.165) is 0 Å². The van der Waals surface area contributed by atoms with Gasteiger partial charge in [0.15, 0.2) is 17.3 Å². The number of aliphatic hydroxyl groups is 1. The summed E-state index contributed by atoms with van der Waals surface area (Å²) in [7, 11) is 2.94. The molecule has 0 aromatic heterocycles. The van der Waals surface area contributed by atoms with Crippen LogP contribution in [-0.2, 0) is 23.9 Å². The number of ketones is 1. The van der Waals surface area contributed by atoms with E-state index in [0.29, 0.717) is 17.1 Å². The van der Waals surface area contributed by atoms with Crippen LogP contribution in [0, 0.1) is 11.8 Å². The van der Waals surface area contributed by atoms with Gasteiger partial charge in [0.2, 0.25) is 0 Å². The monoisotopic (exact) mass is 464 g/mol. The van der Waals surface area contributed by atoms with E-state index in [2.05, 4.69) is 0 Å². The lowest BCUT2D eigenvalue weighted by Gasteiger charge is -2.44. The van der Waals surface area contributed by atoms with Crippen molar-refractivity contribution < 1.29 is 38.4 Å². The lowest BCUT2D eigenvalue weighted by atomic mass is 9.61. The van der Waals surface area contributed by atoms with Gasteiger partial charge in [-0.05, 0) is 66.2 Å². The number of hydrogen-bond donors (Lipinski definition) is 1. The van der Waals surface area contributed by atoms with Crippen molar-refractivity contribution >= 4 is 17.7 Å². The molecule has 1 N–H and O–H groups in total. The first-order chi connectivity index (χ1) is 15.0. The van der Waals surface area contributed by atoms with E-state index in [4.69, 9.17) is 18.9 Å². The van der Waals surface area contributed by atoms with Crippen molar-refractivity contribution in [3.63, 3.8) is 0 Å². The third-order valence-corrected chi connectivity index (χ3v) is 5.38. The molecule has 1 aromatic rings. The summed E-state index contributed by atoms with van der Waals surface area (Å²) in [5.74, 6) is -4.70. The molecule has 1 aliphatic rings. The molecule has 4 atom stereocenters. The molecule has 0 aliphatic heterocycles. The fourth-order valence-corrected chi connectivity index (χ4v) is 4.21. The Morgan fingerprint density at radius 3 is 1.94 bits per heavy atom. The third kappa shape index (κ3) is 6.25. The van der Waals surface area contributed by atoms with Gasteiger partial charge in [0, 0.05) is 12.3 Å². The number of rotatable bonds is 5. The minimum absolute atomic E-state index is 0.360. The second-order valence-electron chi connectivity index (χ2n) is 10.7. The molecule has 1 saturated carbocycles. The Kier molecular flexibility index (Phi) is 7.53. The van der Waals surface area contributed by atoms with E-state index in [1.54, 1.807) is 59.7 Å². The van der Waals surface area contributed by atoms with Gasteiger partial charge in [0.25, 0.3) is 0 Å². The highest BCUT2D eigenvalue weighted by atomic mass is 16.6. The standard InChI is InChI=1S/C25H36O8/c1-23(2,3)32-21(27)19-15(26)13-25(7,29)20(22(28)33-24(4,5)6)18(19)14-10-11-16(30-8)17(12-14)31-9/h10-12,18-20,29H,13H2,1-9H3/t18-,19-,20-,25+/m1/s1.